The van der Waals surface area contributed by atoms with Crippen LogP contribution in [0.25, 0.3) is 11.1 Å². The van der Waals surface area contributed by atoms with Gasteiger partial charge in [0.2, 0.25) is 5.91 Å². The number of nitrogens with two attached hydrogens (primary N) is 1. The van der Waals surface area contributed by atoms with Crippen molar-refractivity contribution in [3.05, 3.63) is 70.9 Å². The summed E-state index contributed by atoms with van der Waals surface area (Å²) in [5, 5.41) is 10.3. The summed E-state index contributed by atoms with van der Waals surface area (Å²) < 4.78 is 0. The van der Waals surface area contributed by atoms with Gasteiger partial charge in [0, 0.05) is 12.1 Å². The normalized spacial score (nSPS) is 30.4. The molecule has 2 amide bonds. The number of aliphatic hydroxyl groups is 1. The highest BCUT2D eigenvalue weighted by atomic mass is 16.3. The first-order chi connectivity index (χ1) is 23.7. The van der Waals surface area contributed by atoms with Gasteiger partial charge in [0.15, 0.2) is 0 Å². The number of aliphatic hydroxyl groups excluding tert-OH is 1. The lowest BCUT2D eigenvalue weighted by molar-refractivity contribution is -0.145. The molecule has 8 unspecified atom stereocenters. The molecule has 49 heavy (non-hydrogen) atoms. The molecule has 10 heteroatoms. The number of rotatable bonds is 9. The fraction of sp³-hybridized carbons (Fsp3) is 0.590. The Morgan fingerprint density at radius 1 is 0.776 bits per heavy atom. The number of hydrogen-bond donors (Lipinski definition) is 4. The second kappa shape index (κ2) is 12.8. The van der Waals surface area contributed by atoms with Crippen LogP contribution >= 0.6 is 0 Å². The van der Waals surface area contributed by atoms with E-state index in [1.807, 2.05) is 38.1 Å². The molecule has 0 spiro atoms. The van der Waals surface area contributed by atoms with E-state index < -0.39 is 12.1 Å². The summed E-state index contributed by atoms with van der Waals surface area (Å²) in [6.07, 6.45) is 22.5. The Kier molecular flexibility index (Phi) is 8.51. The molecule has 8 rings (SSSR count). The molecule has 4 heterocycles. The molecule has 0 aromatic carbocycles. The maximum Gasteiger partial charge on any atom is 0.252 e. The van der Waals surface area contributed by atoms with Crippen LogP contribution in [0.3, 0.4) is 0 Å². The SMILES string of the molecule is CCC(O)C(=O)N1C2CCC(C2)C1c1ncc(C2=CC=C(C3=CC=C(c4cnc(C5C6CCC(C6)N5C(=O)C(N)C(C)C)[nH]4)CC3)CC2)[nH]1. The van der Waals surface area contributed by atoms with Crippen LogP contribution in [-0.2, 0) is 9.59 Å². The van der Waals surface area contributed by atoms with Gasteiger partial charge in [0.05, 0.1) is 41.9 Å². The number of carbonyl (C=O) groups is 2. The van der Waals surface area contributed by atoms with Crippen LogP contribution in [0.2, 0.25) is 0 Å². The molecule has 5 N–H and O–H groups in total. The predicted molar refractivity (Wildman–Crippen MR) is 188 cm³/mol. The Hall–Kier alpha value is -3.76. The van der Waals surface area contributed by atoms with Crippen LogP contribution in [0.4, 0.5) is 0 Å². The van der Waals surface area contributed by atoms with Crippen LogP contribution in [0.5, 0.6) is 0 Å². The number of hydrogen-bond acceptors (Lipinski definition) is 6. The van der Waals surface area contributed by atoms with Crippen LogP contribution in [0.15, 0.2) is 47.8 Å². The number of allylic oxidation sites excluding steroid dienone is 8. The number of fused-ring (bicyclic) bond motifs is 4. The van der Waals surface area contributed by atoms with Crippen molar-refractivity contribution in [2.45, 2.75) is 128 Å². The molecule has 4 aliphatic carbocycles. The standard InChI is InChI=1S/C39H51N7O3/c1-4-32(47)38(48)45-28-15-13-26(17-28)34(45)36-41-19-30(43-36)24-9-5-22(6-10-24)23-7-11-25(12-8-23)31-20-42-37(44-31)35-27-14-16-29(18-27)46(35)39(49)33(40)21(2)3/h5,7,9,11,19-21,26-29,32-35,47H,4,6,8,10,12-18,40H2,1-3H3,(H,41,43)(H,42,44). The molecule has 6 aliphatic rings. The number of H-pyrrole nitrogens is 2. The van der Waals surface area contributed by atoms with E-state index in [0.29, 0.717) is 18.3 Å². The van der Waals surface area contributed by atoms with Crippen LogP contribution in [0.1, 0.15) is 127 Å². The molecular formula is C39H51N7O3. The zero-order valence-corrected chi connectivity index (χ0v) is 29.1. The Balaban J connectivity index is 0.950. The summed E-state index contributed by atoms with van der Waals surface area (Å²) in [6, 6.07) is -0.0775. The van der Waals surface area contributed by atoms with Gasteiger partial charge in [-0.05, 0) is 111 Å². The Morgan fingerprint density at radius 3 is 1.65 bits per heavy atom. The number of amides is 2. The van der Waals surface area contributed by atoms with E-state index in [0.717, 1.165) is 87.2 Å². The largest absolute Gasteiger partial charge is 0.383 e. The zero-order chi connectivity index (χ0) is 34.0. The lowest BCUT2D eigenvalue weighted by Gasteiger charge is -2.36. The summed E-state index contributed by atoms with van der Waals surface area (Å²) in [4.78, 5) is 47.3. The van der Waals surface area contributed by atoms with Crippen LogP contribution < -0.4 is 5.73 Å². The molecule has 10 nitrogen and oxygen atoms in total. The van der Waals surface area contributed by atoms with Crippen molar-refractivity contribution in [1.82, 2.24) is 29.7 Å². The van der Waals surface area contributed by atoms with Gasteiger partial charge in [0.25, 0.3) is 5.91 Å². The molecule has 0 radical (unpaired) electrons. The summed E-state index contributed by atoms with van der Waals surface area (Å²) in [6.45, 7) is 5.88. The van der Waals surface area contributed by atoms with E-state index in [4.69, 9.17) is 15.7 Å². The highest BCUT2D eigenvalue weighted by Crippen LogP contribution is 2.51. The lowest BCUT2D eigenvalue weighted by Crippen LogP contribution is -2.50. The average Bonchev–Trinajstić information content (AvgIpc) is 3.99. The first-order valence-electron chi connectivity index (χ1n) is 18.7. The van der Waals surface area contributed by atoms with Crippen molar-refractivity contribution in [1.29, 1.82) is 0 Å². The van der Waals surface area contributed by atoms with Crippen molar-refractivity contribution in [2.24, 2.45) is 23.5 Å². The van der Waals surface area contributed by atoms with E-state index >= 15 is 0 Å². The van der Waals surface area contributed by atoms with E-state index in [1.54, 1.807) is 0 Å². The third kappa shape index (κ3) is 5.65. The molecular weight excluding hydrogens is 614 g/mol. The quantitative estimate of drug-likeness (QED) is 0.263. The number of aromatic nitrogens is 4. The van der Waals surface area contributed by atoms with E-state index in [-0.39, 0.29) is 41.9 Å². The fourth-order valence-corrected chi connectivity index (χ4v) is 9.68. The monoisotopic (exact) mass is 665 g/mol. The molecule has 4 fully saturated rings. The first kappa shape index (κ1) is 32.4. The Bertz CT molecular complexity index is 1750. The van der Waals surface area contributed by atoms with Gasteiger partial charge < -0.3 is 30.6 Å². The van der Waals surface area contributed by atoms with E-state index in [9.17, 15) is 14.7 Å². The molecule has 2 aromatic heterocycles. The maximum absolute atomic E-state index is 13.4. The third-order valence-electron chi connectivity index (χ3n) is 12.5. The zero-order valence-electron chi connectivity index (χ0n) is 29.1. The average molecular weight is 666 g/mol. The van der Waals surface area contributed by atoms with Crippen LogP contribution in [-0.4, -0.2) is 70.9 Å². The maximum atomic E-state index is 13.4. The van der Waals surface area contributed by atoms with Gasteiger partial charge in [-0.25, -0.2) is 9.97 Å². The minimum absolute atomic E-state index is 0.0110. The minimum Gasteiger partial charge on any atom is -0.383 e. The highest BCUT2D eigenvalue weighted by molar-refractivity contribution is 5.83. The number of nitrogens with one attached hydrogen (secondary N) is 2. The van der Waals surface area contributed by atoms with Crippen molar-refractivity contribution in [2.75, 3.05) is 0 Å². The summed E-state index contributed by atoms with van der Waals surface area (Å²) in [5.41, 5.74) is 13.6. The highest BCUT2D eigenvalue weighted by Gasteiger charge is 2.52. The Morgan fingerprint density at radius 2 is 1.22 bits per heavy atom. The lowest BCUT2D eigenvalue weighted by atomic mass is 9.86. The number of piperidine rings is 2. The van der Waals surface area contributed by atoms with E-state index in [2.05, 4.69) is 39.2 Å². The second-order valence-corrected chi connectivity index (χ2v) is 15.7. The summed E-state index contributed by atoms with van der Waals surface area (Å²) in [5.74, 6) is 2.61. The molecule has 2 saturated carbocycles. The van der Waals surface area contributed by atoms with Gasteiger partial charge in [0.1, 0.15) is 17.8 Å². The molecule has 260 valence electrons. The number of carbonyl (C=O) groups excluding carboxylic acids is 2. The van der Waals surface area contributed by atoms with Gasteiger partial charge in [-0.3, -0.25) is 9.59 Å². The van der Waals surface area contributed by atoms with Crippen molar-refractivity contribution >= 4 is 23.0 Å². The first-order valence-corrected chi connectivity index (χ1v) is 18.7. The number of aromatic amines is 2. The fourth-order valence-electron chi connectivity index (χ4n) is 9.68. The molecule has 8 atom stereocenters. The van der Waals surface area contributed by atoms with E-state index in [1.165, 1.54) is 22.3 Å². The number of likely N-dealkylation sites (tertiary alicyclic amines) is 2. The number of nitrogens with zero attached hydrogens (tertiary/aromatic N) is 4. The van der Waals surface area contributed by atoms with Gasteiger partial charge >= 0.3 is 0 Å². The van der Waals surface area contributed by atoms with Gasteiger partial charge in [-0.1, -0.05) is 45.1 Å². The molecule has 2 saturated heterocycles. The molecule has 4 bridgehead atoms. The van der Waals surface area contributed by atoms with Crippen molar-refractivity contribution in [3.8, 4) is 0 Å². The van der Waals surface area contributed by atoms with Gasteiger partial charge in [-0.2, -0.15) is 0 Å². The number of imidazole rings is 2. The van der Waals surface area contributed by atoms with Crippen molar-refractivity contribution < 1.29 is 14.7 Å². The topological polar surface area (TPSA) is 144 Å². The van der Waals surface area contributed by atoms with Crippen LogP contribution in [0, 0.1) is 17.8 Å². The van der Waals surface area contributed by atoms with Gasteiger partial charge in [-0.15, -0.1) is 0 Å². The Labute approximate surface area is 289 Å². The smallest absolute Gasteiger partial charge is 0.252 e. The second-order valence-electron chi connectivity index (χ2n) is 15.7. The summed E-state index contributed by atoms with van der Waals surface area (Å²) >= 11 is 0. The molecule has 2 aliphatic heterocycles. The summed E-state index contributed by atoms with van der Waals surface area (Å²) in [7, 11) is 0. The predicted octanol–water partition coefficient (Wildman–Crippen LogP) is 5.90. The van der Waals surface area contributed by atoms with Crippen molar-refractivity contribution in [3.63, 3.8) is 0 Å². The third-order valence-corrected chi connectivity index (χ3v) is 12.5. The minimum atomic E-state index is -0.942. The molecule has 2 aromatic rings.